The van der Waals surface area contributed by atoms with Gasteiger partial charge in [-0.25, -0.2) is 4.39 Å². The van der Waals surface area contributed by atoms with Crippen molar-refractivity contribution in [1.82, 2.24) is 10.2 Å². The van der Waals surface area contributed by atoms with Gasteiger partial charge in [0, 0.05) is 30.1 Å². The first-order valence-corrected chi connectivity index (χ1v) is 9.31. The summed E-state index contributed by atoms with van der Waals surface area (Å²) in [5, 5.41) is 2.97. The molecule has 134 valence electrons. The van der Waals surface area contributed by atoms with Crippen LogP contribution in [0.2, 0.25) is 5.02 Å². The van der Waals surface area contributed by atoms with E-state index in [4.69, 9.17) is 16.3 Å². The summed E-state index contributed by atoms with van der Waals surface area (Å²) in [6.45, 7) is 1.28. The number of carbonyl (C=O) groups excluding carboxylic acids is 1. The molecule has 1 N–H and O–H groups in total. The number of likely N-dealkylation sites (tertiary alicyclic amines) is 1. The molecule has 1 amide bonds. The molecule has 1 saturated heterocycles. The second-order valence-electron chi connectivity index (χ2n) is 5.95. The molecule has 0 aliphatic carbocycles. The van der Waals surface area contributed by atoms with Crippen LogP contribution in [0.3, 0.4) is 0 Å². The first-order chi connectivity index (χ1) is 12.0. The zero-order chi connectivity index (χ0) is 18.0. The number of carbonyl (C=O) groups is 1. The minimum Gasteiger partial charge on any atom is -0.495 e. The first-order valence-electron chi connectivity index (χ1n) is 8.12. The molecule has 0 unspecified atom stereocenters. The maximum atomic E-state index is 14.3. The van der Waals surface area contributed by atoms with Gasteiger partial charge in [-0.2, -0.15) is 0 Å². The van der Waals surface area contributed by atoms with Gasteiger partial charge in [0.15, 0.2) is 0 Å². The molecule has 1 atom stereocenters. The lowest BCUT2D eigenvalue weighted by atomic mass is 10.1. The van der Waals surface area contributed by atoms with Crippen LogP contribution in [0, 0.1) is 5.82 Å². The summed E-state index contributed by atoms with van der Waals surface area (Å²) >= 11 is 7.80. The van der Waals surface area contributed by atoms with Gasteiger partial charge in [-0.3, -0.25) is 9.69 Å². The second-order valence-corrected chi connectivity index (χ2v) is 7.45. The summed E-state index contributed by atoms with van der Waals surface area (Å²) in [7, 11) is 3.14. The van der Waals surface area contributed by atoms with Crippen LogP contribution in [-0.4, -0.2) is 31.5 Å². The normalized spacial score (nSPS) is 17.7. The molecule has 1 aliphatic heterocycles. The molecule has 0 radical (unpaired) electrons. The zero-order valence-electron chi connectivity index (χ0n) is 14.1. The van der Waals surface area contributed by atoms with Crippen molar-refractivity contribution in [2.45, 2.75) is 25.4 Å². The van der Waals surface area contributed by atoms with Crippen molar-refractivity contribution in [3.8, 4) is 5.75 Å². The highest BCUT2D eigenvalue weighted by Crippen LogP contribution is 2.39. The SMILES string of the molecule is CNC(=O)c1ccc([C@H]2CCCN2Cc2c(F)ccc(OC)c2Cl)s1. The van der Waals surface area contributed by atoms with Crippen molar-refractivity contribution in [2.24, 2.45) is 0 Å². The Bertz CT molecular complexity index is 780. The number of hydrogen-bond donors (Lipinski definition) is 1. The van der Waals surface area contributed by atoms with Crippen LogP contribution in [0.4, 0.5) is 4.39 Å². The summed E-state index contributed by atoms with van der Waals surface area (Å²) in [4.78, 5) is 15.8. The molecule has 1 aromatic heterocycles. The Labute approximate surface area is 155 Å². The number of benzene rings is 1. The van der Waals surface area contributed by atoms with Gasteiger partial charge < -0.3 is 10.1 Å². The minimum atomic E-state index is -0.325. The van der Waals surface area contributed by atoms with Crippen molar-refractivity contribution in [3.63, 3.8) is 0 Å². The number of hydrogen-bond acceptors (Lipinski definition) is 4. The Morgan fingerprint density at radius 1 is 1.44 bits per heavy atom. The van der Waals surface area contributed by atoms with E-state index < -0.39 is 0 Å². The van der Waals surface area contributed by atoms with E-state index in [0.717, 1.165) is 24.3 Å². The van der Waals surface area contributed by atoms with Crippen LogP contribution in [-0.2, 0) is 6.54 Å². The number of nitrogens with one attached hydrogen (secondary N) is 1. The average Bonchev–Trinajstić information content (AvgIpc) is 3.27. The molecule has 0 saturated carbocycles. The first kappa shape index (κ1) is 18.2. The molecule has 1 aliphatic rings. The van der Waals surface area contributed by atoms with Gasteiger partial charge in [0.1, 0.15) is 11.6 Å². The lowest BCUT2D eigenvalue weighted by molar-refractivity contribution is 0.0967. The number of halogens is 2. The predicted octanol–water partition coefficient (Wildman–Crippen LogP) is 4.25. The summed E-state index contributed by atoms with van der Waals surface area (Å²) in [6, 6.07) is 6.93. The molecule has 7 heteroatoms. The fraction of sp³-hybridized carbons (Fsp3) is 0.389. The fourth-order valence-corrected chi connectivity index (χ4v) is 4.61. The highest BCUT2D eigenvalue weighted by atomic mass is 35.5. The lowest BCUT2D eigenvalue weighted by Crippen LogP contribution is -2.23. The van der Waals surface area contributed by atoms with Gasteiger partial charge in [0.25, 0.3) is 5.91 Å². The minimum absolute atomic E-state index is 0.0809. The second kappa shape index (κ2) is 7.72. The third-order valence-electron chi connectivity index (χ3n) is 4.50. The molecule has 1 aromatic carbocycles. The van der Waals surface area contributed by atoms with Gasteiger partial charge in [0.2, 0.25) is 0 Å². The molecule has 1 fully saturated rings. The molecule has 0 bridgehead atoms. The van der Waals surface area contributed by atoms with Crippen LogP contribution in [0.25, 0.3) is 0 Å². The zero-order valence-corrected chi connectivity index (χ0v) is 15.7. The molecule has 4 nitrogen and oxygen atoms in total. The average molecular weight is 383 g/mol. The Morgan fingerprint density at radius 2 is 2.24 bits per heavy atom. The van der Waals surface area contributed by atoms with Crippen LogP contribution in [0.5, 0.6) is 5.75 Å². The third-order valence-corrected chi connectivity index (χ3v) is 6.10. The van der Waals surface area contributed by atoms with E-state index in [1.165, 1.54) is 30.6 Å². The number of nitrogens with zero attached hydrogens (tertiary/aromatic N) is 1. The van der Waals surface area contributed by atoms with Crippen LogP contribution < -0.4 is 10.1 Å². The molecule has 0 spiro atoms. The van der Waals surface area contributed by atoms with E-state index in [2.05, 4.69) is 10.2 Å². The topological polar surface area (TPSA) is 41.6 Å². The lowest BCUT2D eigenvalue weighted by Gasteiger charge is -2.24. The molecule has 25 heavy (non-hydrogen) atoms. The maximum absolute atomic E-state index is 14.3. The smallest absolute Gasteiger partial charge is 0.261 e. The van der Waals surface area contributed by atoms with E-state index >= 15 is 0 Å². The summed E-state index contributed by atoms with van der Waals surface area (Å²) in [6.07, 6.45) is 2.01. The fourth-order valence-electron chi connectivity index (χ4n) is 3.20. The third kappa shape index (κ3) is 3.66. The molecular weight excluding hydrogens is 363 g/mol. The highest BCUT2D eigenvalue weighted by Gasteiger charge is 2.29. The van der Waals surface area contributed by atoms with E-state index in [-0.39, 0.29) is 17.8 Å². The van der Waals surface area contributed by atoms with Crippen LogP contribution in [0.15, 0.2) is 24.3 Å². The van der Waals surface area contributed by atoms with Gasteiger partial charge in [-0.1, -0.05) is 11.6 Å². The van der Waals surface area contributed by atoms with Crippen molar-refractivity contribution in [1.29, 1.82) is 0 Å². The van der Waals surface area contributed by atoms with Crippen LogP contribution in [0.1, 0.15) is 39.0 Å². The molecular formula is C18H20ClFN2O2S. The van der Waals surface area contributed by atoms with E-state index in [1.807, 2.05) is 12.1 Å². The Hall–Kier alpha value is -1.63. The van der Waals surface area contributed by atoms with Crippen LogP contribution >= 0.6 is 22.9 Å². The number of methoxy groups -OCH3 is 1. The summed E-state index contributed by atoms with van der Waals surface area (Å²) < 4.78 is 19.5. The van der Waals surface area contributed by atoms with Crippen molar-refractivity contribution in [3.05, 3.63) is 50.4 Å². The number of ether oxygens (including phenoxy) is 1. The van der Waals surface area contributed by atoms with Gasteiger partial charge in [0.05, 0.1) is 17.0 Å². The van der Waals surface area contributed by atoms with Crippen molar-refractivity contribution >= 4 is 28.8 Å². The maximum Gasteiger partial charge on any atom is 0.261 e. The predicted molar refractivity (Wildman–Crippen MR) is 98.1 cm³/mol. The molecule has 3 rings (SSSR count). The Kier molecular flexibility index (Phi) is 5.61. The largest absolute Gasteiger partial charge is 0.495 e. The quantitative estimate of drug-likeness (QED) is 0.840. The number of rotatable bonds is 5. The van der Waals surface area contributed by atoms with E-state index in [0.29, 0.717) is 27.8 Å². The molecule has 2 aromatic rings. The Balaban J connectivity index is 1.83. The highest BCUT2D eigenvalue weighted by molar-refractivity contribution is 7.14. The Morgan fingerprint density at radius 3 is 2.96 bits per heavy atom. The van der Waals surface area contributed by atoms with E-state index in [9.17, 15) is 9.18 Å². The van der Waals surface area contributed by atoms with Crippen molar-refractivity contribution in [2.75, 3.05) is 20.7 Å². The van der Waals surface area contributed by atoms with Crippen molar-refractivity contribution < 1.29 is 13.9 Å². The monoisotopic (exact) mass is 382 g/mol. The summed E-state index contributed by atoms with van der Waals surface area (Å²) in [5.74, 6) is 0.0724. The molecule has 2 heterocycles. The number of thiophene rings is 1. The van der Waals surface area contributed by atoms with E-state index in [1.54, 1.807) is 7.05 Å². The number of amides is 1. The standard InChI is InChI=1S/C18H20ClFN2O2S/c1-21-18(23)16-8-7-15(25-16)13-4-3-9-22(13)10-11-12(20)5-6-14(24-2)17(11)19/h5-8,13H,3-4,9-10H2,1-2H3,(H,21,23)/t13-/m1/s1. The van der Waals surface area contributed by atoms with Gasteiger partial charge >= 0.3 is 0 Å². The van der Waals surface area contributed by atoms with Gasteiger partial charge in [-0.15, -0.1) is 11.3 Å². The van der Waals surface area contributed by atoms with Gasteiger partial charge in [-0.05, 0) is 43.7 Å². The summed E-state index contributed by atoms with van der Waals surface area (Å²) in [5.41, 5.74) is 0.455.